The van der Waals surface area contributed by atoms with Crippen LogP contribution in [0.1, 0.15) is 21.3 Å². The Kier molecular flexibility index (Phi) is 4.49. The van der Waals surface area contributed by atoms with E-state index in [2.05, 4.69) is 0 Å². The van der Waals surface area contributed by atoms with Crippen molar-refractivity contribution >= 4 is 29.6 Å². The molecule has 1 saturated heterocycles. The Morgan fingerprint density at radius 3 is 2.52 bits per heavy atom. The van der Waals surface area contributed by atoms with Gasteiger partial charge in [-0.1, -0.05) is 18.2 Å². The maximum atomic E-state index is 12.0. The monoisotopic (exact) mass is 310 g/mol. The van der Waals surface area contributed by atoms with Gasteiger partial charge in [0.05, 0.1) is 12.1 Å². The Balaban J connectivity index is 2.45. The van der Waals surface area contributed by atoms with Crippen LogP contribution in [0.5, 0.6) is 0 Å². The van der Waals surface area contributed by atoms with Gasteiger partial charge in [0, 0.05) is 5.75 Å². The number of carbonyl (C=O) groups excluding carboxylic acids is 1. The van der Waals surface area contributed by atoms with Crippen molar-refractivity contribution in [1.29, 1.82) is 0 Å². The number of carboxylic acids is 2. The van der Waals surface area contributed by atoms with Gasteiger partial charge in [0.2, 0.25) is 5.91 Å². The number of benzene rings is 1. The fourth-order valence-electron chi connectivity index (χ4n) is 2.25. The molecule has 1 aromatic carbocycles. The molecule has 2 atom stereocenters. The molecule has 4 N–H and O–H groups in total. The zero-order valence-corrected chi connectivity index (χ0v) is 11.7. The van der Waals surface area contributed by atoms with Crippen LogP contribution in [-0.4, -0.2) is 51.3 Å². The maximum absolute atomic E-state index is 12.0. The summed E-state index contributed by atoms with van der Waals surface area (Å²) in [5, 5.41) is 17.8. The van der Waals surface area contributed by atoms with Crippen molar-refractivity contribution in [2.45, 2.75) is 11.4 Å². The number of aliphatic carboxylic acids is 1. The van der Waals surface area contributed by atoms with Crippen LogP contribution in [0.25, 0.3) is 0 Å². The minimum absolute atomic E-state index is 0.0517. The molecule has 1 amide bonds. The van der Waals surface area contributed by atoms with E-state index in [1.165, 1.54) is 17.8 Å². The van der Waals surface area contributed by atoms with Crippen molar-refractivity contribution in [2.75, 3.05) is 12.3 Å². The Labute approximate surface area is 124 Å². The second-order valence-electron chi connectivity index (χ2n) is 4.44. The number of amides is 1. The predicted molar refractivity (Wildman–Crippen MR) is 75.9 cm³/mol. The summed E-state index contributed by atoms with van der Waals surface area (Å²) in [5.74, 6) is -2.57. The number of hydrogen-bond acceptors (Lipinski definition) is 5. The van der Waals surface area contributed by atoms with Gasteiger partial charge in [-0.15, -0.1) is 11.8 Å². The summed E-state index contributed by atoms with van der Waals surface area (Å²) in [6.07, 6.45) is 0. The summed E-state index contributed by atoms with van der Waals surface area (Å²) < 4.78 is 0. The van der Waals surface area contributed by atoms with Crippen LogP contribution in [0.15, 0.2) is 24.3 Å². The van der Waals surface area contributed by atoms with Gasteiger partial charge in [-0.3, -0.25) is 4.79 Å². The third-order valence-corrected chi connectivity index (χ3v) is 4.51. The van der Waals surface area contributed by atoms with E-state index in [4.69, 9.17) is 5.73 Å². The molecule has 2 rings (SSSR count). The smallest absolute Gasteiger partial charge is 0.336 e. The normalized spacial score (nSPS) is 21.3. The molecule has 1 aromatic rings. The molecule has 1 fully saturated rings. The molecule has 21 heavy (non-hydrogen) atoms. The van der Waals surface area contributed by atoms with Crippen molar-refractivity contribution in [3.63, 3.8) is 0 Å². The summed E-state index contributed by atoms with van der Waals surface area (Å²) in [5.41, 5.74) is 5.80. The fourth-order valence-corrected chi connectivity index (χ4v) is 3.73. The number of carboxylic acid groups (broad SMARTS) is 2. The second-order valence-corrected chi connectivity index (χ2v) is 5.55. The SMILES string of the molecule is NCC(=O)N1C(c2ccccc2C(=O)O)SC[C@H]1C(=O)O. The van der Waals surface area contributed by atoms with Crippen LogP contribution in [0.3, 0.4) is 0 Å². The molecule has 0 saturated carbocycles. The molecular weight excluding hydrogens is 296 g/mol. The number of carbonyl (C=O) groups is 3. The van der Waals surface area contributed by atoms with Crippen molar-refractivity contribution in [3.8, 4) is 0 Å². The Bertz CT molecular complexity index is 592. The first-order valence-corrected chi connectivity index (χ1v) is 7.20. The molecule has 0 aromatic heterocycles. The van der Waals surface area contributed by atoms with E-state index in [1.807, 2.05) is 0 Å². The van der Waals surface area contributed by atoms with Crippen molar-refractivity contribution in [3.05, 3.63) is 35.4 Å². The summed E-state index contributed by atoms with van der Waals surface area (Å²) in [7, 11) is 0. The van der Waals surface area contributed by atoms with E-state index >= 15 is 0 Å². The summed E-state index contributed by atoms with van der Waals surface area (Å²) in [6, 6.07) is 5.25. The zero-order valence-electron chi connectivity index (χ0n) is 10.9. The number of hydrogen-bond donors (Lipinski definition) is 3. The molecule has 1 aliphatic rings. The number of thioether (sulfide) groups is 1. The number of nitrogens with two attached hydrogens (primary N) is 1. The lowest BCUT2D eigenvalue weighted by molar-refractivity contribution is -0.148. The molecule has 0 aliphatic carbocycles. The summed E-state index contributed by atoms with van der Waals surface area (Å²) in [4.78, 5) is 35.7. The lowest BCUT2D eigenvalue weighted by Gasteiger charge is -2.27. The first-order chi connectivity index (χ1) is 9.97. The highest BCUT2D eigenvalue weighted by Gasteiger charge is 2.42. The van der Waals surface area contributed by atoms with E-state index in [-0.39, 0.29) is 17.9 Å². The number of aromatic carboxylic acids is 1. The fraction of sp³-hybridized carbons (Fsp3) is 0.308. The predicted octanol–water partition coefficient (Wildman–Crippen LogP) is 0.371. The number of rotatable bonds is 4. The first kappa shape index (κ1) is 15.3. The Morgan fingerprint density at radius 2 is 1.95 bits per heavy atom. The van der Waals surface area contributed by atoms with Crippen molar-refractivity contribution in [2.24, 2.45) is 5.73 Å². The lowest BCUT2D eigenvalue weighted by Crippen LogP contribution is -2.45. The van der Waals surface area contributed by atoms with Gasteiger partial charge in [0.25, 0.3) is 0 Å². The molecule has 112 valence electrons. The van der Waals surface area contributed by atoms with Gasteiger partial charge in [-0.2, -0.15) is 0 Å². The Morgan fingerprint density at radius 1 is 1.29 bits per heavy atom. The van der Waals surface area contributed by atoms with Crippen LogP contribution in [0.4, 0.5) is 0 Å². The zero-order chi connectivity index (χ0) is 15.6. The number of nitrogens with zero attached hydrogens (tertiary/aromatic N) is 1. The average Bonchev–Trinajstić information content (AvgIpc) is 2.91. The summed E-state index contributed by atoms with van der Waals surface area (Å²) in [6.45, 7) is -0.323. The maximum Gasteiger partial charge on any atom is 0.336 e. The van der Waals surface area contributed by atoms with Crippen LogP contribution >= 0.6 is 11.8 Å². The molecule has 0 spiro atoms. The molecule has 7 nitrogen and oxygen atoms in total. The highest BCUT2D eigenvalue weighted by Crippen LogP contribution is 2.42. The van der Waals surface area contributed by atoms with Crippen LogP contribution in [-0.2, 0) is 9.59 Å². The van der Waals surface area contributed by atoms with E-state index in [9.17, 15) is 24.6 Å². The van der Waals surface area contributed by atoms with Gasteiger partial charge in [0.1, 0.15) is 11.4 Å². The molecular formula is C13H14N2O5S. The van der Waals surface area contributed by atoms with Crippen LogP contribution in [0.2, 0.25) is 0 Å². The minimum atomic E-state index is -1.13. The van der Waals surface area contributed by atoms with Crippen LogP contribution < -0.4 is 5.73 Å². The van der Waals surface area contributed by atoms with Gasteiger partial charge >= 0.3 is 11.9 Å². The molecule has 1 aliphatic heterocycles. The van der Waals surface area contributed by atoms with Crippen molar-refractivity contribution in [1.82, 2.24) is 4.90 Å². The van der Waals surface area contributed by atoms with Crippen LogP contribution in [0, 0.1) is 0 Å². The van der Waals surface area contributed by atoms with E-state index in [1.54, 1.807) is 18.2 Å². The molecule has 0 radical (unpaired) electrons. The van der Waals surface area contributed by atoms with Gasteiger partial charge in [0.15, 0.2) is 0 Å². The standard InChI is InChI=1S/C13H14N2O5S/c14-5-10(16)15-9(13(19)20)6-21-11(15)7-3-1-2-4-8(7)12(17)18/h1-4,9,11H,5-6,14H2,(H,17,18)(H,19,20)/t9-,11?/m0/s1. The largest absolute Gasteiger partial charge is 0.480 e. The van der Waals surface area contributed by atoms with Gasteiger partial charge < -0.3 is 20.8 Å². The summed E-state index contributed by atoms with van der Waals surface area (Å²) >= 11 is 1.22. The molecule has 0 bridgehead atoms. The molecule has 1 unspecified atom stereocenters. The van der Waals surface area contributed by atoms with Gasteiger partial charge in [-0.05, 0) is 11.6 Å². The third kappa shape index (κ3) is 2.86. The van der Waals surface area contributed by atoms with E-state index in [0.717, 1.165) is 4.90 Å². The highest BCUT2D eigenvalue weighted by molar-refractivity contribution is 7.99. The van der Waals surface area contributed by atoms with E-state index in [0.29, 0.717) is 5.56 Å². The second kappa shape index (κ2) is 6.15. The van der Waals surface area contributed by atoms with E-state index < -0.39 is 29.3 Å². The van der Waals surface area contributed by atoms with Gasteiger partial charge in [-0.25, -0.2) is 9.59 Å². The highest BCUT2D eigenvalue weighted by atomic mass is 32.2. The first-order valence-electron chi connectivity index (χ1n) is 6.15. The average molecular weight is 310 g/mol. The van der Waals surface area contributed by atoms with Crippen molar-refractivity contribution < 1.29 is 24.6 Å². The quantitative estimate of drug-likeness (QED) is 0.734. The molecule has 8 heteroatoms. The Hall–Kier alpha value is -2.06. The lowest BCUT2D eigenvalue weighted by atomic mass is 10.1. The minimum Gasteiger partial charge on any atom is -0.480 e. The third-order valence-electron chi connectivity index (χ3n) is 3.21. The molecule has 1 heterocycles. The topological polar surface area (TPSA) is 121 Å².